The van der Waals surface area contributed by atoms with Crippen molar-refractivity contribution in [3.63, 3.8) is 0 Å². The van der Waals surface area contributed by atoms with Gasteiger partial charge in [0.1, 0.15) is 0 Å². The molecule has 4 aromatic rings. The van der Waals surface area contributed by atoms with Gasteiger partial charge < -0.3 is 9.84 Å². The van der Waals surface area contributed by atoms with E-state index in [0.29, 0.717) is 26.9 Å². The fraction of sp³-hybridized carbons (Fsp3) is 0.0870. The highest BCUT2D eigenvalue weighted by Crippen LogP contribution is 2.40. The first kappa shape index (κ1) is 21.2. The van der Waals surface area contributed by atoms with Crippen LogP contribution >= 0.6 is 46.8 Å². The number of hydrogen-bond acceptors (Lipinski definition) is 5. The number of thiophene rings is 1. The fourth-order valence-corrected chi connectivity index (χ4v) is 5.11. The zero-order valence-corrected chi connectivity index (χ0v) is 19.9. The lowest BCUT2D eigenvalue weighted by molar-refractivity contribution is 0.404. The Morgan fingerprint density at radius 1 is 1.06 bits per heavy atom. The highest BCUT2D eigenvalue weighted by molar-refractivity contribution is 7.80. The largest absolute Gasteiger partial charge is 0.351 e. The Morgan fingerprint density at radius 2 is 1.84 bits per heavy atom. The molecule has 1 atom stereocenters. The summed E-state index contributed by atoms with van der Waals surface area (Å²) in [6.45, 7) is 1.98. The minimum atomic E-state index is -0.312. The molecule has 160 valence electrons. The van der Waals surface area contributed by atoms with Gasteiger partial charge in [0.05, 0.1) is 16.5 Å². The van der Waals surface area contributed by atoms with Crippen LogP contribution in [0, 0.1) is 0 Å². The molecule has 2 aromatic carbocycles. The van der Waals surface area contributed by atoms with Crippen LogP contribution in [0.5, 0.6) is 0 Å². The van der Waals surface area contributed by atoms with Crippen molar-refractivity contribution in [3.05, 3.63) is 93.2 Å². The van der Waals surface area contributed by atoms with Gasteiger partial charge in [0.15, 0.2) is 5.11 Å². The maximum atomic E-state index is 6.29. The second-order valence-electron chi connectivity index (χ2n) is 7.15. The van der Waals surface area contributed by atoms with E-state index in [1.807, 2.05) is 77.9 Å². The van der Waals surface area contributed by atoms with Crippen molar-refractivity contribution < 1.29 is 4.52 Å². The molecular formula is C23H16Cl2N4OS2. The van der Waals surface area contributed by atoms with Crippen LogP contribution in [0.15, 0.2) is 76.3 Å². The van der Waals surface area contributed by atoms with Crippen LogP contribution in [0.2, 0.25) is 10.0 Å². The summed E-state index contributed by atoms with van der Waals surface area (Å²) in [6, 6.07) is 18.8. The van der Waals surface area contributed by atoms with Gasteiger partial charge in [0.25, 0.3) is 5.89 Å². The smallest absolute Gasteiger partial charge is 0.258 e. The molecule has 9 heteroatoms. The number of thiocarbonyl (C=S) groups is 1. The molecule has 0 spiro atoms. The average Bonchev–Trinajstić information content (AvgIpc) is 3.45. The monoisotopic (exact) mass is 498 g/mol. The molecule has 0 bridgehead atoms. The van der Waals surface area contributed by atoms with E-state index in [0.717, 1.165) is 27.4 Å². The van der Waals surface area contributed by atoms with Crippen LogP contribution in [0.1, 0.15) is 24.4 Å². The summed E-state index contributed by atoms with van der Waals surface area (Å²) in [5.41, 5.74) is 3.46. The maximum Gasteiger partial charge on any atom is 0.258 e. The molecule has 1 aliphatic heterocycles. The van der Waals surface area contributed by atoms with Gasteiger partial charge in [-0.15, -0.1) is 11.3 Å². The Balaban J connectivity index is 1.68. The number of rotatable bonds is 4. The summed E-state index contributed by atoms with van der Waals surface area (Å²) in [5.74, 6) is 0.959. The van der Waals surface area contributed by atoms with Crippen molar-refractivity contribution in [1.82, 2.24) is 15.5 Å². The lowest BCUT2D eigenvalue weighted by atomic mass is 9.94. The molecule has 1 aliphatic rings. The van der Waals surface area contributed by atoms with E-state index in [2.05, 4.69) is 10.5 Å². The lowest BCUT2D eigenvalue weighted by Crippen LogP contribution is -2.46. The van der Waals surface area contributed by atoms with Gasteiger partial charge in [0, 0.05) is 21.4 Å². The summed E-state index contributed by atoms with van der Waals surface area (Å²) in [7, 11) is 0. The number of aromatic nitrogens is 2. The third kappa shape index (κ3) is 3.93. The summed E-state index contributed by atoms with van der Waals surface area (Å²) < 4.78 is 5.74. The van der Waals surface area contributed by atoms with Crippen molar-refractivity contribution >= 4 is 63.1 Å². The zero-order valence-electron chi connectivity index (χ0n) is 16.8. The van der Waals surface area contributed by atoms with Crippen LogP contribution in [0.3, 0.4) is 0 Å². The molecule has 2 aromatic heterocycles. The molecule has 0 amide bonds. The first-order valence-corrected chi connectivity index (χ1v) is 11.8. The van der Waals surface area contributed by atoms with E-state index >= 15 is 0 Å². The number of nitrogens with zero attached hydrogens (tertiary/aromatic N) is 3. The number of nitrogens with one attached hydrogen (secondary N) is 1. The topological polar surface area (TPSA) is 54.2 Å². The number of allylic oxidation sites excluding steroid dienone is 1. The SMILES string of the molecule is CC1=C(c2nc(-c3cccs3)no2)C(c2cccc(Cl)c2)NC(=S)N1c1cccc(Cl)c1. The van der Waals surface area contributed by atoms with Crippen molar-refractivity contribution in [2.75, 3.05) is 4.90 Å². The minimum absolute atomic E-state index is 0.312. The molecule has 5 rings (SSSR count). The quantitative estimate of drug-likeness (QED) is 0.306. The van der Waals surface area contributed by atoms with E-state index in [4.69, 9.17) is 44.9 Å². The van der Waals surface area contributed by atoms with Crippen LogP contribution < -0.4 is 10.2 Å². The first-order valence-electron chi connectivity index (χ1n) is 9.71. The summed E-state index contributed by atoms with van der Waals surface area (Å²) >= 11 is 19.9. The van der Waals surface area contributed by atoms with Crippen molar-refractivity contribution in [2.24, 2.45) is 0 Å². The van der Waals surface area contributed by atoms with Gasteiger partial charge in [-0.25, -0.2) is 0 Å². The van der Waals surface area contributed by atoms with Crippen molar-refractivity contribution in [1.29, 1.82) is 0 Å². The predicted octanol–water partition coefficient (Wildman–Crippen LogP) is 6.97. The molecular weight excluding hydrogens is 483 g/mol. The fourth-order valence-electron chi connectivity index (χ4n) is 3.72. The van der Waals surface area contributed by atoms with Gasteiger partial charge in [-0.1, -0.05) is 52.6 Å². The van der Waals surface area contributed by atoms with Gasteiger partial charge in [-0.2, -0.15) is 4.98 Å². The molecule has 3 heterocycles. The minimum Gasteiger partial charge on any atom is -0.351 e. The Bertz CT molecular complexity index is 1330. The highest BCUT2D eigenvalue weighted by Gasteiger charge is 2.35. The van der Waals surface area contributed by atoms with Gasteiger partial charge in [-0.05, 0) is 66.5 Å². The molecule has 0 saturated carbocycles. The van der Waals surface area contributed by atoms with Gasteiger partial charge in [-0.3, -0.25) is 4.90 Å². The Morgan fingerprint density at radius 3 is 2.56 bits per heavy atom. The summed E-state index contributed by atoms with van der Waals surface area (Å²) in [5, 5.41) is 11.4. The molecule has 0 radical (unpaired) electrons. The molecule has 0 saturated heterocycles. The van der Waals surface area contributed by atoms with E-state index in [9.17, 15) is 0 Å². The first-order chi connectivity index (χ1) is 15.5. The number of hydrogen-bond donors (Lipinski definition) is 1. The highest BCUT2D eigenvalue weighted by atomic mass is 35.5. The molecule has 5 nitrogen and oxygen atoms in total. The van der Waals surface area contributed by atoms with Crippen LogP contribution in [0.4, 0.5) is 5.69 Å². The van der Waals surface area contributed by atoms with E-state index < -0.39 is 0 Å². The van der Waals surface area contributed by atoms with E-state index in [-0.39, 0.29) is 6.04 Å². The number of benzene rings is 2. The number of halogens is 2. The van der Waals surface area contributed by atoms with E-state index in [1.54, 1.807) is 11.3 Å². The number of anilines is 1. The average molecular weight is 499 g/mol. The van der Waals surface area contributed by atoms with Crippen LogP contribution in [-0.4, -0.2) is 15.3 Å². The molecule has 1 unspecified atom stereocenters. The van der Waals surface area contributed by atoms with Gasteiger partial charge >= 0.3 is 0 Å². The molecule has 1 N–H and O–H groups in total. The molecule has 32 heavy (non-hydrogen) atoms. The van der Waals surface area contributed by atoms with Crippen molar-refractivity contribution in [3.8, 4) is 10.7 Å². The zero-order chi connectivity index (χ0) is 22.2. The molecule has 0 fully saturated rings. The van der Waals surface area contributed by atoms with E-state index in [1.165, 1.54) is 0 Å². The summed E-state index contributed by atoms with van der Waals surface area (Å²) in [4.78, 5) is 7.56. The maximum absolute atomic E-state index is 6.29. The Kier molecular flexibility index (Phi) is 5.73. The third-order valence-corrected chi connectivity index (χ3v) is 6.77. The van der Waals surface area contributed by atoms with Gasteiger partial charge in [0.2, 0.25) is 5.82 Å². The molecule has 0 aliphatic carbocycles. The Labute approximate surface area is 204 Å². The van der Waals surface area contributed by atoms with Crippen LogP contribution in [0.25, 0.3) is 16.3 Å². The summed E-state index contributed by atoms with van der Waals surface area (Å²) in [6.07, 6.45) is 0. The predicted molar refractivity (Wildman–Crippen MR) is 134 cm³/mol. The standard InChI is InChI=1S/C23H16Cl2N4OS2/c1-13-19(22-27-21(28-30-22)18-9-4-10-32-18)20(14-5-2-6-15(24)11-14)26-23(31)29(13)17-8-3-7-16(25)12-17/h2-12,20H,1H3,(H,26,31). The third-order valence-electron chi connectivity index (χ3n) is 5.13. The Hall–Kier alpha value is -2.71. The van der Waals surface area contributed by atoms with Crippen LogP contribution in [-0.2, 0) is 0 Å². The second kappa shape index (κ2) is 8.67. The second-order valence-corrected chi connectivity index (χ2v) is 9.36. The normalized spacial score (nSPS) is 16.4. The van der Waals surface area contributed by atoms with Crippen molar-refractivity contribution in [2.45, 2.75) is 13.0 Å². The lowest BCUT2D eigenvalue weighted by Gasteiger charge is -2.37.